The molecule has 132 valence electrons. The summed E-state index contributed by atoms with van der Waals surface area (Å²) in [5.74, 6) is -0.176. The number of methoxy groups -OCH3 is 1. The van der Waals surface area contributed by atoms with Crippen molar-refractivity contribution in [2.24, 2.45) is 0 Å². The Bertz CT molecular complexity index is 666. The summed E-state index contributed by atoms with van der Waals surface area (Å²) in [5, 5.41) is 0. The van der Waals surface area contributed by atoms with Crippen LogP contribution in [0.25, 0.3) is 0 Å². The number of hydrogen-bond donors (Lipinski definition) is 0. The van der Waals surface area contributed by atoms with Gasteiger partial charge in [0.1, 0.15) is 24.7 Å². The molecule has 0 unspecified atom stereocenters. The number of benzene rings is 2. The van der Waals surface area contributed by atoms with E-state index < -0.39 is 11.8 Å². The summed E-state index contributed by atoms with van der Waals surface area (Å²) in [6, 6.07) is 15.8. The Hall–Kier alpha value is -2.86. The molecule has 25 heavy (non-hydrogen) atoms. The standard InChI is InChI=1S/C19H20O6/c1-22-19(21)18(20)15-7-9-17(10-8-15)25-14-12-23-11-13-24-16-5-3-2-4-6-16/h2-10H,11-14H2,1H3. The second-order valence-corrected chi connectivity index (χ2v) is 4.97. The van der Waals surface area contributed by atoms with Crippen LogP contribution in [0.2, 0.25) is 0 Å². The minimum absolute atomic E-state index is 0.258. The van der Waals surface area contributed by atoms with Gasteiger partial charge in [0.2, 0.25) is 0 Å². The number of carbonyl (C=O) groups is 2. The molecule has 0 aliphatic heterocycles. The number of ether oxygens (including phenoxy) is 4. The van der Waals surface area contributed by atoms with Gasteiger partial charge in [-0.05, 0) is 36.4 Å². The van der Waals surface area contributed by atoms with Crippen molar-refractivity contribution in [1.82, 2.24) is 0 Å². The Morgan fingerprint density at radius 2 is 1.32 bits per heavy atom. The molecule has 0 heterocycles. The number of rotatable bonds is 10. The highest BCUT2D eigenvalue weighted by Gasteiger charge is 2.16. The SMILES string of the molecule is COC(=O)C(=O)c1ccc(OCCOCCOc2ccccc2)cc1. The molecule has 2 aromatic carbocycles. The van der Waals surface area contributed by atoms with Crippen LogP contribution >= 0.6 is 0 Å². The molecular weight excluding hydrogens is 324 g/mol. The van der Waals surface area contributed by atoms with Gasteiger partial charge in [-0.3, -0.25) is 4.79 Å². The van der Waals surface area contributed by atoms with Crippen LogP contribution in [0.4, 0.5) is 0 Å². The normalized spacial score (nSPS) is 10.1. The fraction of sp³-hybridized carbons (Fsp3) is 0.263. The van der Waals surface area contributed by atoms with Gasteiger partial charge in [0.15, 0.2) is 0 Å². The van der Waals surface area contributed by atoms with Crippen molar-refractivity contribution in [2.75, 3.05) is 33.5 Å². The molecule has 0 fully saturated rings. The number of esters is 1. The zero-order valence-electron chi connectivity index (χ0n) is 14.0. The first-order chi connectivity index (χ1) is 12.2. The topological polar surface area (TPSA) is 71.1 Å². The zero-order valence-corrected chi connectivity index (χ0v) is 14.0. The van der Waals surface area contributed by atoms with Gasteiger partial charge in [-0.2, -0.15) is 0 Å². The number of carbonyl (C=O) groups excluding carboxylic acids is 2. The summed E-state index contributed by atoms with van der Waals surface area (Å²) in [5.41, 5.74) is 0.258. The maximum Gasteiger partial charge on any atom is 0.379 e. The minimum atomic E-state index is -0.889. The molecule has 0 aliphatic rings. The van der Waals surface area contributed by atoms with Crippen LogP contribution in [0.5, 0.6) is 11.5 Å². The third-order valence-electron chi connectivity index (χ3n) is 3.22. The zero-order chi connectivity index (χ0) is 17.9. The molecule has 0 radical (unpaired) electrons. The van der Waals surface area contributed by atoms with Gasteiger partial charge in [-0.15, -0.1) is 0 Å². The van der Waals surface area contributed by atoms with Crippen LogP contribution in [0.15, 0.2) is 54.6 Å². The average Bonchev–Trinajstić information content (AvgIpc) is 2.67. The summed E-state index contributed by atoms with van der Waals surface area (Å²) in [7, 11) is 1.17. The maximum absolute atomic E-state index is 11.6. The number of ketones is 1. The van der Waals surface area contributed by atoms with Gasteiger partial charge < -0.3 is 18.9 Å². The summed E-state index contributed by atoms with van der Waals surface area (Å²) < 4.78 is 20.8. The molecule has 0 amide bonds. The first-order valence-corrected chi connectivity index (χ1v) is 7.82. The summed E-state index contributed by atoms with van der Waals surface area (Å²) in [6.07, 6.45) is 0. The largest absolute Gasteiger partial charge is 0.491 e. The summed E-state index contributed by atoms with van der Waals surface area (Å²) >= 11 is 0. The van der Waals surface area contributed by atoms with E-state index in [1.807, 2.05) is 30.3 Å². The predicted octanol–water partition coefficient (Wildman–Crippen LogP) is 2.52. The lowest BCUT2D eigenvalue weighted by Gasteiger charge is -2.09. The van der Waals surface area contributed by atoms with Gasteiger partial charge in [-0.25, -0.2) is 4.79 Å². The van der Waals surface area contributed by atoms with Crippen molar-refractivity contribution >= 4 is 11.8 Å². The lowest BCUT2D eigenvalue weighted by Crippen LogP contribution is -2.15. The van der Waals surface area contributed by atoms with Gasteiger partial charge in [0.05, 0.1) is 20.3 Å². The van der Waals surface area contributed by atoms with Gasteiger partial charge in [0, 0.05) is 5.56 Å². The molecular formula is C19H20O6. The first kappa shape index (κ1) is 18.5. The fourth-order valence-corrected chi connectivity index (χ4v) is 1.97. The van der Waals surface area contributed by atoms with Crippen LogP contribution in [0, 0.1) is 0 Å². The van der Waals surface area contributed by atoms with Crippen molar-refractivity contribution in [3.05, 3.63) is 60.2 Å². The molecule has 0 N–H and O–H groups in total. The monoisotopic (exact) mass is 344 g/mol. The molecule has 6 nitrogen and oxygen atoms in total. The molecule has 0 bridgehead atoms. The Labute approximate surface area is 146 Å². The number of para-hydroxylation sites is 1. The quantitative estimate of drug-likeness (QED) is 0.285. The van der Waals surface area contributed by atoms with Crippen molar-refractivity contribution in [3.8, 4) is 11.5 Å². The lowest BCUT2D eigenvalue weighted by atomic mass is 10.1. The van der Waals surface area contributed by atoms with E-state index in [9.17, 15) is 9.59 Å². The van der Waals surface area contributed by atoms with Crippen molar-refractivity contribution in [2.45, 2.75) is 0 Å². The third-order valence-corrected chi connectivity index (χ3v) is 3.22. The van der Waals surface area contributed by atoms with Gasteiger partial charge in [-0.1, -0.05) is 18.2 Å². The summed E-state index contributed by atoms with van der Waals surface area (Å²) in [4.78, 5) is 22.8. The van der Waals surface area contributed by atoms with Crippen LogP contribution < -0.4 is 9.47 Å². The molecule has 2 rings (SSSR count). The molecule has 2 aromatic rings. The molecule has 0 atom stereocenters. The fourth-order valence-electron chi connectivity index (χ4n) is 1.97. The third kappa shape index (κ3) is 6.27. The van der Waals surface area contributed by atoms with E-state index in [0.29, 0.717) is 32.2 Å². The minimum Gasteiger partial charge on any atom is -0.491 e. The average molecular weight is 344 g/mol. The van der Waals surface area contributed by atoms with Crippen LogP contribution in [0.3, 0.4) is 0 Å². The van der Waals surface area contributed by atoms with Crippen LogP contribution in [-0.4, -0.2) is 45.3 Å². The molecule has 0 aliphatic carbocycles. The Morgan fingerprint density at radius 1 is 0.760 bits per heavy atom. The second-order valence-electron chi connectivity index (χ2n) is 4.97. The molecule has 0 aromatic heterocycles. The molecule has 0 saturated heterocycles. The van der Waals surface area contributed by atoms with E-state index in [-0.39, 0.29) is 5.56 Å². The molecule has 0 saturated carbocycles. The van der Waals surface area contributed by atoms with E-state index >= 15 is 0 Å². The van der Waals surface area contributed by atoms with Crippen molar-refractivity contribution in [3.63, 3.8) is 0 Å². The van der Waals surface area contributed by atoms with Crippen LogP contribution in [-0.2, 0) is 14.3 Å². The number of Topliss-reactive ketones (excluding diaryl/α,β-unsaturated/α-hetero) is 1. The highest BCUT2D eigenvalue weighted by Crippen LogP contribution is 2.13. The predicted molar refractivity (Wildman–Crippen MR) is 91.0 cm³/mol. The highest BCUT2D eigenvalue weighted by atomic mass is 16.5. The maximum atomic E-state index is 11.6. The van der Waals surface area contributed by atoms with E-state index in [2.05, 4.69) is 4.74 Å². The van der Waals surface area contributed by atoms with E-state index in [1.54, 1.807) is 12.1 Å². The summed E-state index contributed by atoms with van der Waals surface area (Å²) in [6.45, 7) is 1.72. The Kier molecular flexibility index (Phi) is 7.46. The highest BCUT2D eigenvalue weighted by molar-refractivity contribution is 6.40. The Morgan fingerprint density at radius 3 is 1.88 bits per heavy atom. The van der Waals surface area contributed by atoms with E-state index in [0.717, 1.165) is 5.75 Å². The lowest BCUT2D eigenvalue weighted by molar-refractivity contribution is -0.135. The van der Waals surface area contributed by atoms with E-state index in [1.165, 1.54) is 19.2 Å². The molecule has 0 spiro atoms. The Balaban J connectivity index is 1.60. The second kappa shape index (κ2) is 10.1. The van der Waals surface area contributed by atoms with E-state index in [4.69, 9.17) is 14.2 Å². The van der Waals surface area contributed by atoms with Gasteiger partial charge >= 0.3 is 5.97 Å². The smallest absolute Gasteiger partial charge is 0.379 e. The first-order valence-electron chi connectivity index (χ1n) is 7.82. The molecule has 6 heteroatoms. The van der Waals surface area contributed by atoms with Crippen molar-refractivity contribution < 1.29 is 28.5 Å². The van der Waals surface area contributed by atoms with Crippen LogP contribution in [0.1, 0.15) is 10.4 Å². The van der Waals surface area contributed by atoms with Crippen molar-refractivity contribution in [1.29, 1.82) is 0 Å². The number of hydrogen-bond acceptors (Lipinski definition) is 6. The van der Waals surface area contributed by atoms with Gasteiger partial charge in [0.25, 0.3) is 5.78 Å².